The number of sulfonamides is 1. The van der Waals surface area contributed by atoms with Crippen LogP contribution in [0.5, 0.6) is 0 Å². The number of nitrogens with zero attached hydrogens (tertiary/aromatic N) is 1. The fourth-order valence-corrected chi connectivity index (χ4v) is 3.46. The van der Waals surface area contributed by atoms with Gasteiger partial charge in [-0.05, 0) is 43.7 Å². The Bertz CT molecular complexity index is 844. The van der Waals surface area contributed by atoms with E-state index in [1.54, 1.807) is 17.0 Å². The number of benzene rings is 2. The first-order valence-electron chi connectivity index (χ1n) is 8.40. The molecule has 2 rings (SSSR count). The molecule has 0 radical (unpaired) electrons. The Morgan fingerprint density at radius 3 is 2.27 bits per heavy atom. The van der Waals surface area contributed by atoms with Crippen LogP contribution in [0.3, 0.4) is 0 Å². The van der Waals surface area contributed by atoms with Gasteiger partial charge < -0.3 is 4.90 Å². The van der Waals surface area contributed by atoms with Gasteiger partial charge in [-0.1, -0.05) is 36.4 Å². The number of amides is 1. The third-order valence-electron chi connectivity index (χ3n) is 3.91. The van der Waals surface area contributed by atoms with Crippen molar-refractivity contribution in [3.8, 4) is 0 Å². The van der Waals surface area contributed by atoms with Crippen LogP contribution in [0.4, 0.5) is 0 Å². The lowest BCUT2D eigenvalue weighted by Crippen LogP contribution is -2.36. The molecule has 6 heteroatoms. The van der Waals surface area contributed by atoms with Crippen molar-refractivity contribution >= 4 is 15.9 Å². The summed E-state index contributed by atoms with van der Waals surface area (Å²) in [4.78, 5) is 14.8. The van der Waals surface area contributed by atoms with Gasteiger partial charge in [0.2, 0.25) is 10.0 Å². The molecule has 1 N–H and O–H groups in total. The molecule has 0 saturated heterocycles. The van der Waals surface area contributed by atoms with Gasteiger partial charge in [0.1, 0.15) is 0 Å². The van der Waals surface area contributed by atoms with Crippen molar-refractivity contribution in [2.45, 2.75) is 31.3 Å². The molecule has 1 amide bonds. The van der Waals surface area contributed by atoms with Crippen LogP contribution in [0.15, 0.2) is 72.1 Å². The van der Waals surface area contributed by atoms with Crippen LogP contribution >= 0.6 is 0 Å². The highest BCUT2D eigenvalue weighted by molar-refractivity contribution is 7.89. The van der Waals surface area contributed by atoms with Crippen molar-refractivity contribution in [1.82, 2.24) is 9.62 Å². The van der Waals surface area contributed by atoms with Gasteiger partial charge in [-0.2, -0.15) is 0 Å². The number of carbonyl (C=O) groups excluding carboxylic acids is 1. The first-order chi connectivity index (χ1) is 12.3. The first-order valence-corrected chi connectivity index (χ1v) is 9.89. The largest absolute Gasteiger partial charge is 0.332 e. The lowest BCUT2D eigenvalue weighted by atomic mass is 10.1. The second-order valence-corrected chi connectivity index (χ2v) is 7.94. The van der Waals surface area contributed by atoms with Crippen LogP contribution in [-0.2, 0) is 16.6 Å². The van der Waals surface area contributed by atoms with E-state index in [9.17, 15) is 13.2 Å². The Labute approximate surface area is 155 Å². The summed E-state index contributed by atoms with van der Waals surface area (Å²) >= 11 is 0. The Kier molecular flexibility index (Phi) is 6.71. The minimum Gasteiger partial charge on any atom is -0.332 e. The molecule has 5 nitrogen and oxygen atoms in total. The van der Waals surface area contributed by atoms with Gasteiger partial charge in [0.25, 0.3) is 5.91 Å². The summed E-state index contributed by atoms with van der Waals surface area (Å²) in [7, 11) is -3.60. The molecule has 2 aromatic rings. The van der Waals surface area contributed by atoms with Gasteiger partial charge in [-0.3, -0.25) is 4.79 Å². The average molecular weight is 372 g/mol. The summed E-state index contributed by atoms with van der Waals surface area (Å²) in [6.07, 6.45) is 1.47. The van der Waals surface area contributed by atoms with E-state index in [2.05, 4.69) is 11.3 Å². The Morgan fingerprint density at radius 2 is 1.73 bits per heavy atom. The molecule has 0 unspecified atom stereocenters. The molecule has 26 heavy (non-hydrogen) atoms. The molecular formula is C20H24N2O3S. The maximum Gasteiger partial charge on any atom is 0.254 e. The molecule has 0 aliphatic rings. The van der Waals surface area contributed by atoms with Crippen molar-refractivity contribution in [1.29, 1.82) is 0 Å². The second kappa shape index (κ2) is 8.78. The van der Waals surface area contributed by atoms with Crippen molar-refractivity contribution in [3.63, 3.8) is 0 Å². The minimum absolute atomic E-state index is 0.0142. The third-order valence-corrected chi connectivity index (χ3v) is 5.35. The lowest BCUT2D eigenvalue weighted by molar-refractivity contribution is 0.0690. The lowest BCUT2D eigenvalue weighted by Gasteiger charge is -2.27. The quantitative estimate of drug-likeness (QED) is 0.724. The predicted molar refractivity (Wildman–Crippen MR) is 103 cm³/mol. The van der Waals surface area contributed by atoms with Crippen LogP contribution in [0.25, 0.3) is 0 Å². The van der Waals surface area contributed by atoms with Crippen LogP contribution in [0.2, 0.25) is 0 Å². The summed E-state index contributed by atoms with van der Waals surface area (Å²) in [5.41, 5.74) is 1.50. The van der Waals surface area contributed by atoms with E-state index in [0.29, 0.717) is 12.1 Å². The van der Waals surface area contributed by atoms with Gasteiger partial charge >= 0.3 is 0 Å². The van der Waals surface area contributed by atoms with Gasteiger partial charge in [-0.15, -0.1) is 6.58 Å². The number of rotatable bonds is 8. The highest BCUT2D eigenvalue weighted by Crippen LogP contribution is 2.16. The second-order valence-electron chi connectivity index (χ2n) is 6.18. The number of hydrogen-bond donors (Lipinski definition) is 1. The van der Waals surface area contributed by atoms with Crippen LogP contribution in [0, 0.1) is 0 Å². The Hall–Kier alpha value is -2.44. The van der Waals surface area contributed by atoms with E-state index in [1.165, 1.54) is 18.2 Å². The van der Waals surface area contributed by atoms with Crippen LogP contribution < -0.4 is 4.72 Å². The molecule has 138 valence electrons. The summed E-state index contributed by atoms with van der Waals surface area (Å²) in [5, 5.41) is 0. The number of hydrogen-bond acceptors (Lipinski definition) is 3. The van der Waals surface area contributed by atoms with E-state index >= 15 is 0 Å². The zero-order valence-corrected chi connectivity index (χ0v) is 15.9. The number of carbonyl (C=O) groups is 1. The molecule has 0 heterocycles. The fourth-order valence-electron chi connectivity index (χ4n) is 2.46. The van der Waals surface area contributed by atoms with Crippen molar-refractivity contribution in [3.05, 3.63) is 78.4 Å². The molecule has 0 aliphatic carbocycles. The zero-order valence-electron chi connectivity index (χ0n) is 15.1. The van der Waals surface area contributed by atoms with Gasteiger partial charge in [-0.25, -0.2) is 13.1 Å². The Balaban J connectivity index is 2.20. The minimum atomic E-state index is -3.60. The molecule has 0 atom stereocenters. The Morgan fingerprint density at radius 1 is 1.12 bits per heavy atom. The first kappa shape index (κ1) is 19.9. The molecule has 2 aromatic carbocycles. The molecule has 0 aromatic heterocycles. The number of nitrogens with one attached hydrogen (secondary N) is 1. The van der Waals surface area contributed by atoms with Crippen LogP contribution in [0.1, 0.15) is 29.8 Å². The van der Waals surface area contributed by atoms with E-state index in [1.807, 2.05) is 44.2 Å². The molecule has 0 aliphatic heterocycles. The van der Waals surface area contributed by atoms with E-state index in [4.69, 9.17) is 0 Å². The monoisotopic (exact) mass is 372 g/mol. The zero-order chi connectivity index (χ0) is 19.2. The van der Waals surface area contributed by atoms with E-state index in [-0.39, 0.29) is 23.4 Å². The summed E-state index contributed by atoms with van der Waals surface area (Å²) < 4.78 is 26.6. The van der Waals surface area contributed by atoms with E-state index in [0.717, 1.165) is 5.56 Å². The standard InChI is InChI=1S/C20H24N2O3S/c1-4-14-21-26(24,25)19-12-10-18(11-13-19)20(23)22(16(2)3)15-17-8-6-5-7-9-17/h4-13,16,21H,1,14-15H2,2-3H3. The smallest absolute Gasteiger partial charge is 0.254 e. The highest BCUT2D eigenvalue weighted by Gasteiger charge is 2.20. The average Bonchev–Trinajstić information content (AvgIpc) is 2.64. The molecule has 0 fully saturated rings. The summed E-state index contributed by atoms with van der Waals surface area (Å²) in [6.45, 7) is 8.05. The van der Waals surface area contributed by atoms with Crippen molar-refractivity contribution < 1.29 is 13.2 Å². The SMILES string of the molecule is C=CCNS(=O)(=O)c1ccc(C(=O)N(Cc2ccccc2)C(C)C)cc1. The topological polar surface area (TPSA) is 66.5 Å². The third kappa shape index (κ3) is 5.03. The van der Waals surface area contributed by atoms with Crippen LogP contribution in [-0.4, -0.2) is 31.8 Å². The van der Waals surface area contributed by atoms with Gasteiger partial charge in [0, 0.05) is 24.7 Å². The van der Waals surface area contributed by atoms with Crippen molar-refractivity contribution in [2.75, 3.05) is 6.54 Å². The maximum absolute atomic E-state index is 12.9. The predicted octanol–water partition coefficient (Wildman–Crippen LogP) is 3.20. The maximum atomic E-state index is 12.9. The van der Waals surface area contributed by atoms with Crippen molar-refractivity contribution in [2.24, 2.45) is 0 Å². The summed E-state index contributed by atoms with van der Waals surface area (Å²) in [6, 6.07) is 15.8. The molecule has 0 spiro atoms. The summed E-state index contributed by atoms with van der Waals surface area (Å²) in [5.74, 6) is -0.133. The van der Waals surface area contributed by atoms with Gasteiger partial charge in [0.05, 0.1) is 4.90 Å². The molecule has 0 saturated carbocycles. The molecular weight excluding hydrogens is 348 g/mol. The molecule has 0 bridgehead atoms. The fraction of sp³-hybridized carbons (Fsp3) is 0.250. The van der Waals surface area contributed by atoms with E-state index < -0.39 is 10.0 Å². The van der Waals surface area contributed by atoms with Gasteiger partial charge in [0.15, 0.2) is 0 Å². The highest BCUT2D eigenvalue weighted by atomic mass is 32.2. The normalized spacial score (nSPS) is 11.3.